The smallest absolute Gasteiger partial charge is 0.272 e. The highest BCUT2D eigenvalue weighted by Gasteiger charge is 2.23. The maximum absolute atomic E-state index is 12.6. The number of nitrogens with one attached hydrogen (secondary N) is 3. The van der Waals surface area contributed by atoms with Crippen molar-refractivity contribution in [3.05, 3.63) is 52.8 Å². The van der Waals surface area contributed by atoms with Gasteiger partial charge in [-0.3, -0.25) is 9.89 Å². The van der Waals surface area contributed by atoms with Gasteiger partial charge in [-0.1, -0.05) is 43.7 Å². The van der Waals surface area contributed by atoms with Crippen molar-refractivity contribution in [3.8, 4) is 0 Å². The van der Waals surface area contributed by atoms with Gasteiger partial charge in [0.15, 0.2) is 5.69 Å². The molecule has 5 heteroatoms. The van der Waals surface area contributed by atoms with Crippen LogP contribution in [-0.4, -0.2) is 28.7 Å². The van der Waals surface area contributed by atoms with Crippen molar-refractivity contribution >= 4 is 5.91 Å². The molecular formula is C18H24N4O. The van der Waals surface area contributed by atoms with Crippen LogP contribution < -0.4 is 10.6 Å². The number of hydrogen-bond donors (Lipinski definition) is 3. The number of aromatic nitrogens is 2. The molecule has 2 heterocycles. The Morgan fingerprint density at radius 3 is 2.96 bits per heavy atom. The van der Waals surface area contributed by atoms with Gasteiger partial charge < -0.3 is 10.6 Å². The van der Waals surface area contributed by atoms with E-state index in [1.54, 1.807) is 0 Å². The first kappa shape index (κ1) is 15.7. The van der Waals surface area contributed by atoms with Crippen LogP contribution in [0, 0.1) is 0 Å². The molecular weight excluding hydrogens is 288 g/mol. The summed E-state index contributed by atoms with van der Waals surface area (Å²) in [6.07, 6.45) is 3.76. The number of H-pyrrole nitrogens is 1. The molecule has 1 aliphatic rings. The Hall–Kier alpha value is -2.14. The van der Waals surface area contributed by atoms with E-state index < -0.39 is 0 Å². The van der Waals surface area contributed by atoms with Gasteiger partial charge in [0.1, 0.15) is 0 Å². The van der Waals surface area contributed by atoms with Gasteiger partial charge in [0, 0.05) is 36.8 Å². The summed E-state index contributed by atoms with van der Waals surface area (Å²) in [5.74, 6) is -0.0689. The Morgan fingerprint density at radius 1 is 1.35 bits per heavy atom. The van der Waals surface area contributed by atoms with Crippen LogP contribution in [0.1, 0.15) is 47.1 Å². The zero-order chi connectivity index (χ0) is 16.1. The number of nitrogens with zero attached hydrogens (tertiary/aromatic N) is 1. The molecule has 0 radical (unpaired) electrons. The third-order valence-electron chi connectivity index (χ3n) is 4.32. The number of amides is 1. The Kier molecular flexibility index (Phi) is 5.08. The minimum Gasteiger partial charge on any atom is -0.348 e. The van der Waals surface area contributed by atoms with Gasteiger partial charge in [0.25, 0.3) is 5.91 Å². The summed E-state index contributed by atoms with van der Waals surface area (Å²) in [5, 5.41) is 13.7. The monoisotopic (exact) mass is 312 g/mol. The van der Waals surface area contributed by atoms with Crippen LogP contribution in [-0.2, 0) is 19.4 Å². The zero-order valence-corrected chi connectivity index (χ0v) is 13.6. The lowest BCUT2D eigenvalue weighted by Gasteiger charge is -2.19. The maximum Gasteiger partial charge on any atom is 0.272 e. The average Bonchev–Trinajstić information content (AvgIpc) is 3.00. The van der Waals surface area contributed by atoms with Crippen molar-refractivity contribution in [1.29, 1.82) is 0 Å². The number of fused-ring (bicyclic) bond motifs is 1. The molecule has 0 spiro atoms. The standard InChI is InChI=1S/C18H24N4O/c1-2-6-14(11-13-7-4-3-5-8-13)20-18(23)17-15-12-19-10-9-16(15)21-22-17/h3-5,7-8,14,19H,2,6,9-12H2,1H3,(H,20,23)(H,21,22). The highest BCUT2D eigenvalue weighted by molar-refractivity contribution is 5.94. The van der Waals surface area contributed by atoms with Crippen LogP contribution in [0.2, 0.25) is 0 Å². The molecule has 0 aliphatic carbocycles. The van der Waals surface area contributed by atoms with E-state index in [2.05, 4.69) is 39.9 Å². The number of aromatic amines is 1. The molecule has 3 rings (SSSR count). The molecule has 0 fully saturated rings. The third-order valence-corrected chi connectivity index (χ3v) is 4.32. The lowest BCUT2D eigenvalue weighted by molar-refractivity contribution is 0.0928. The molecule has 1 unspecified atom stereocenters. The first-order valence-corrected chi connectivity index (χ1v) is 8.39. The van der Waals surface area contributed by atoms with Crippen molar-refractivity contribution in [1.82, 2.24) is 20.8 Å². The number of carbonyl (C=O) groups is 1. The molecule has 0 saturated carbocycles. The van der Waals surface area contributed by atoms with Crippen LogP contribution >= 0.6 is 0 Å². The van der Waals surface area contributed by atoms with E-state index in [9.17, 15) is 4.79 Å². The van der Waals surface area contributed by atoms with E-state index in [1.807, 2.05) is 18.2 Å². The first-order chi connectivity index (χ1) is 11.3. The van der Waals surface area contributed by atoms with Gasteiger partial charge in [0.2, 0.25) is 0 Å². The van der Waals surface area contributed by atoms with E-state index in [1.165, 1.54) is 5.56 Å². The highest BCUT2D eigenvalue weighted by Crippen LogP contribution is 2.16. The van der Waals surface area contributed by atoms with Crippen LogP contribution in [0.5, 0.6) is 0 Å². The van der Waals surface area contributed by atoms with Gasteiger partial charge >= 0.3 is 0 Å². The van der Waals surface area contributed by atoms with Gasteiger partial charge in [-0.05, 0) is 18.4 Å². The predicted octanol–water partition coefficient (Wildman–Crippen LogP) is 2.20. The van der Waals surface area contributed by atoms with E-state index in [0.29, 0.717) is 12.2 Å². The molecule has 3 N–H and O–H groups in total. The SMILES string of the molecule is CCCC(Cc1ccccc1)NC(=O)c1n[nH]c2c1CNCC2. The molecule has 23 heavy (non-hydrogen) atoms. The molecule has 1 atom stereocenters. The van der Waals surface area contributed by atoms with Gasteiger partial charge in [-0.15, -0.1) is 0 Å². The predicted molar refractivity (Wildman–Crippen MR) is 90.3 cm³/mol. The molecule has 1 aromatic carbocycles. The van der Waals surface area contributed by atoms with Crippen LogP contribution in [0.3, 0.4) is 0 Å². The Morgan fingerprint density at radius 2 is 2.17 bits per heavy atom. The lowest BCUT2D eigenvalue weighted by atomic mass is 10.0. The van der Waals surface area contributed by atoms with Gasteiger partial charge in [-0.2, -0.15) is 5.10 Å². The third kappa shape index (κ3) is 3.79. The fraction of sp³-hybridized carbons (Fsp3) is 0.444. The van der Waals surface area contributed by atoms with Gasteiger partial charge in [-0.25, -0.2) is 0 Å². The van der Waals surface area contributed by atoms with Crippen molar-refractivity contribution in [2.24, 2.45) is 0 Å². The van der Waals surface area contributed by atoms with E-state index >= 15 is 0 Å². The van der Waals surface area contributed by atoms with Crippen molar-refractivity contribution < 1.29 is 4.79 Å². The first-order valence-electron chi connectivity index (χ1n) is 8.39. The quantitative estimate of drug-likeness (QED) is 0.766. The Bertz CT molecular complexity index is 650. The second-order valence-electron chi connectivity index (χ2n) is 6.10. The summed E-state index contributed by atoms with van der Waals surface area (Å²) in [4.78, 5) is 12.6. The fourth-order valence-electron chi connectivity index (χ4n) is 3.14. The van der Waals surface area contributed by atoms with E-state index in [-0.39, 0.29) is 11.9 Å². The van der Waals surface area contributed by atoms with Crippen LogP contribution in [0.25, 0.3) is 0 Å². The van der Waals surface area contributed by atoms with Crippen molar-refractivity contribution in [3.63, 3.8) is 0 Å². The highest BCUT2D eigenvalue weighted by atomic mass is 16.2. The molecule has 2 aromatic rings. The summed E-state index contributed by atoms with van der Waals surface area (Å²) < 4.78 is 0. The second kappa shape index (κ2) is 7.42. The minimum atomic E-state index is -0.0689. The zero-order valence-electron chi connectivity index (χ0n) is 13.6. The summed E-state index contributed by atoms with van der Waals surface area (Å²) >= 11 is 0. The van der Waals surface area contributed by atoms with Crippen molar-refractivity contribution in [2.45, 2.75) is 45.2 Å². The average molecular weight is 312 g/mol. The largest absolute Gasteiger partial charge is 0.348 e. The summed E-state index contributed by atoms with van der Waals surface area (Å²) in [7, 11) is 0. The summed E-state index contributed by atoms with van der Waals surface area (Å²) in [6, 6.07) is 10.4. The minimum absolute atomic E-state index is 0.0689. The van der Waals surface area contributed by atoms with Crippen molar-refractivity contribution in [2.75, 3.05) is 6.54 Å². The fourth-order valence-corrected chi connectivity index (χ4v) is 3.14. The molecule has 5 nitrogen and oxygen atoms in total. The molecule has 0 bridgehead atoms. The summed E-state index contributed by atoms with van der Waals surface area (Å²) in [6.45, 7) is 3.79. The molecule has 1 aromatic heterocycles. The molecule has 1 amide bonds. The molecule has 1 aliphatic heterocycles. The number of carbonyl (C=O) groups excluding carboxylic acids is 1. The topological polar surface area (TPSA) is 69.8 Å². The molecule has 122 valence electrons. The number of hydrogen-bond acceptors (Lipinski definition) is 3. The molecule has 0 saturated heterocycles. The number of benzene rings is 1. The van der Waals surface area contributed by atoms with Gasteiger partial charge in [0.05, 0.1) is 0 Å². The van der Waals surface area contributed by atoms with E-state index in [4.69, 9.17) is 0 Å². The number of rotatable bonds is 6. The Balaban J connectivity index is 1.70. The van der Waals surface area contributed by atoms with E-state index in [0.717, 1.165) is 43.5 Å². The Labute approximate surface area is 136 Å². The normalized spacial score (nSPS) is 15.0. The second-order valence-corrected chi connectivity index (χ2v) is 6.10. The lowest BCUT2D eigenvalue weighted by Crippen LogP contribution is -2.37. The maximum atomic E-state index is 12.6. The van der Waals surface area contributed by atoms with Crippen LogP contribution in [0.4, 0.5) is 0 Å². The van der Waals surface area contributed by atoms with Crippen LogP contribution in [0.15, 0.2) is 30.3 Å². The summed E-state index contributed by atoms with van der Waals surface area (Å²) in [5.41, 5.74) is 3.89.